The Bertz CT molecular complexity index is 491. The number of nitrogens with one attached hydrogen (secondary N) is 1. The van der Waals surface area contributed by atoms with Crippen LogP contribution in [0.5, 0.6) is 5.75 Å². The van der Waals surface area contributed by atoms with Crippen molar-refractivity contribution < 1.29 is 19.1 Å². The van der Waals surface area contributed by atoms with Gasteiger partial charge >= 0.3 is 0 Å². The van der Waals surface area contributed by atoms with Crippen LogP contribution in [0.25, 0.3) is 0 Å². The smallest absolute Gasteiger partial charge is 0.257 e. The van der Waals surface area contributed by atoms with E-state index in [1.54, 1.807) is 32.4 Å². The molecule has 0 saturated carbocycles. The first kappa shape index (κ1) is 18.0. The maximum Gasteiger partial charge on any atom is 0.257 e. The van der Waals surface area contributed by atoms with Gasteiger partial charge in [0.05, 0.1) is 18.7 Å². The van der Waals surface area contributed by atoms with Gasteiger partial charge in [-0.1, -0.05) is 12.1 Å². The number of hydrogen-bond donors (Lipinski definition) is 1. The van der Waals surface area contributed by atoms with Gasteiger partial charge in [-0.25, -0.2) is 0 Å². The van der Waals surface area contributed by atoms with Crippen molar-refractivity contribution in [3.63, 3.8) is 0 Å². The molecule has 0 aliphatic rings. The third-order valence-corrected chi connectivity index (χ3v) is 2.99. The van der Waals surface area contributed by atoms with Crippen LogP contribution < -0.4 is 10.1 Å². The summed E-state index contributed by atoms with van der Waals surface area (Å²) in [5.74, 6) is 0.0966. The van der Waals surface area contributed by atoms with E-state index in [-0.39, 0.29) is 18.4 Å². The molecule has 0 aliphatic carbocycles. The lowest BCUT2D eigenvalue weighted by molar-refractivity contribution is -0.121. The quantitative estimate of drug-likeness (QED) is 0.699. The highest BCUT2D eigenvalue weighted by molar-refractivity contribution is 5.98. The molecule has 0 radical (unpaired) electrons. The molecule has 0 heterocycles. The number of nitrogens with zero attached hydrogens (tertiary/aromatic N) is 1. The summed E-state index contributed by atoms with van der Waals surface area (Å²) in [5.41, 5.74) is 0.457. The number of rotatable bonds is 9. The first-order valence-corrected chi connectivity index (χ1v) is 7.33. The number of para-hydroxylation sites is 1. The van der Waals surface area contributed by atoms with E-state index < -0.39 is 0 Å². The summed E-state index contributed by atoms with van der Waals surface area (Å²) in [4.78, 5) is 25.6. The fourth-order valence-corrected chi connectivity index (χ4v) is 1.92. The van der Waals surface area contributed by atoms with Crippen molar-refractivity contribution in [3.05, 3.63) is 29.8 Å². The fourth-order valence-electron chi connectivity index (χ4n) is 1.92. The molecule has 1 rings (SSSR count). The third-order valence-electron chi connectivity index (χ3n) is 2.99. The summed E-state index contributed by atoms with van der Waals surface area (Å²) in [6.45, 7) is 3.47. The van der Waals surface area contributed by atoms with Crippen LogP contribution >= 0.6 is 0 Å². The van der Waals surface area contributed by atoms with E-state index in [9.17, 15) is 9.59 Å². The Balaban J connectivity index is 2.56. The minimum absolute atomic E-state index is 0.00622. The molecule has 0 bridgehead atoms. The Morgan fingerprint density at radius 1 is 1.27 bits per heavy atom. The number of likely N-dealkylation sites (N-methyl/N-ethyl adjacent to an activating group) is 1. The molecule has 1 N–H and O–H groups in total. The molecular formula is C16H24N2O4. The van der Waals surface area contributed by atoms with Gasteiger partial charge in [0.25, 0.3) is 5.91 Å². The van der Waals surface area contributed by atoms with E-state index in [0.29, 0.717) is 31.1 Å². The molecule has 1 aromatic rings. The molecule has 1 aromatic carbocycles. The van der Waals surface area contributed by atoms with Gasteiger partial charge in [0.15, 0.2) is 0 Å². The Hall–Kier alpha value is -2.08. The van der Waals surface area contributed by atoms with E-state index >= 15 is 0 Å². The maximum atomic E-state index is 12.4. The standard InChI is InChI=1S/C16H24N2O4/c1-4-22-14-9-6-5-8-13(14)16(20)18(2)12-15(19)17-10-7-11-21-3/h5-6,8-9H,4,7,10-12H2,1-3H3,(H,17,19). The lowest BCUT2D eigenvalue weighted by atomic mass is 10.1. The summed E-state index contributed by atoms with van der Waals surface area (Å²) in [7, 11) is 3.21. The highest BCUT2D eigenvalue weighted by Crippen LogP contribution is 2.19. The molecule has 0 unspecified atom stereocenters. The molecular weight excluding hydrogens is 284 g/mol. The van der Waals surface area contributed by atoms with E-state index in [0.717, 1.165) is 6.42 Å². The molecule has 6 heteroatoms. The van der Waals surface area contributed by atoms with Gasteiger partial charge in [0.2, 0.25) is 5.91 Å². The summed E-state index contributed by atoms with van der Waals surface area (Å²) in [5, 5.41) is 2.75. The molecule has 2 amide bonds. The van der Waals surface area contributed by atoms with Crippen LogP contribution in [0, 0.1) is 0 Å². The van der Waals surface area contributed by atoms with Gasteiger partial charge in [-0.15, -0.1) is 0 Å². The number of ether oxygens (including phenoxy) is 2. The highest BCUT2D eigenvalue weighted by atomic mass is 16.5. The Morgan fingerprint density at radius 2 is 2.00 bits per heavy atom. The van der Waals surface area contributed by atoms with Crippen molar-refractivity contribution in [1.29, 1.82) is 0 Å². The van der Waals surface area contributed by atoms with Gasteiger partial charge in [-0.05, 0) is 25.5 Å². The minimum atomic E-state index is -0.240. The SMILES string of the molecule is CCOc1ccccc1C(=O)N(C)CC(=O)NCCCOC. The lowest BCUT2D eigenvalue weighted by Gasteiger charge is -2.18. The summed E-state index contributed by atoms with van der Waals surface area (Å²) < 4.78 is 10.4. The summed E-state index contributed by atoms with van der Waals surface area (Å²) in [6, 6.07) is 7.02. The largest absolute Gasteiger partial charge is 0.493 e. The second-order valence-corrected chi connectivity index (χ2v) is 4.79. The molecule has 122 valence electrons. The van der Waals surface area contributed by atoms with Crippen molar-refractivity contribution in [2.24, 2.45) is 0 Å². The molecule has 0 aromatic heterocycles. The topological polar surface area (TPSA) is 67.9 Å². The second-order valence-electron chi connectivity index (χ2n) is 4.79. The minimum Gasteiger partial charge on any atom is -0.493 e. The van der Waals surface area contributed by atoms with Crippen molar-refractivity contribution >= 4 is 11.8 Å². The maximum absolute atomic E-state index is 12.4. The first-order chi connectivity index (χ1) is 10.6. The molecule has 0 fully saturated rings. The van der Waals surface area contributed by atoms with Crippen LogP contribution in [0.2, 0.25) is 0 Å². The number of benzene rings is 1. The van der Waals surface area contributed by atoms with E-state index in [1.165, 1.54) is 4.90 Å². The molecule has 6 nitrogen and oxygen atoms in total. The number of carbonyl (C=O) groups is 2. The monoisotopic (exact) mass is 308 g/mol. The molecule has 0 saturated heterocycles. The second kappa shape index (κ2) is 9.78. The fraction of sp³-hybridized carbons (Fsp3) is 0.500. The number of carbonyl (C=O) groups excluding carboxylic acids is 2. The van der Waals surface area contributed by atoms with Gasteiger partial charge in [-0.3, -0.25) is 9.59 Å². The van der Waals surface area contributed by atoms with Crippen molar-refractivity contribution in [2.45, 2.75) is 13.3 Å². The summed E-state index contributed by atoms with van der Waals surface area (Å²) >= 11 is 0. The normalized spacial score (nSPS) is 10.1. The zero-order valence-corrected chi connectivity index (χ0v) is 13.4. The Kier molecular flexibility index (Phi) is 7.99. The number of hydrogen-bond acceptors (Lipinski definition) is 4. The zero-order valence-electron chi connectivity index (χ0n) is 13.4. The molecule has 0 atom stereocenters. The summed E-state index contributed by atoms with van der Waals surface area (Å²) in [6.07, 6.45) is 0.743. The lowest BCUT2D eigenvalue weighted by Crippen LogP contribution is -2.39. The van der Waals surface area contributed by atoms with Crippen LogP contribution in [-0.2, 0) is 9.53 Å². The Morgan fingerprint density at radius 3 is 2.68 bits per heavy atom. The van der Waals surface area contributed by atoms with Gasteiger partial charge in [0, 0.05) is 27.3 Å². The third kappa shape index (κ3) is 5.73. The highest BCUT2D eigenvalue weighted by Gasteiger charge is 2.18. The predicted molar refractivity (Wildman–Crippen MR) is 84.1 cm³/mol. The van der Waals surface area contributed by atoms with E-state index in [4.69, 9.17) is 9.47 Å². The first-order valence-electron chi connectivity index (χ1n) is 7.33. The van der Waals surface area contributed by atoms with Crippen molar-refractivity contribution in [1.82, 2.24) is 10.2 Å². The van der Waals surface area contributed by atoms with E-state index in [1.807, 2.05) is 13.0 Å². The van der Waals surface area contributed by atoms with Gasteiger partial charge in [0.1, 0.15) is 5.75 Å². The average molecular weight is 308 g/mol. The predicted octanol–water partition coefficient (Wildman–Crippen LogP) is 1.31. The van der Waals surface area contributed by atoms with Gasteiger partial charge < -0.3 is 19.7 Å². The van der Waals surface area contributed by atoms with Crippen LogP contribution in [-0.4, -0.2) is 57.2 Å². The average Bonchev–Trinajstić information content (AvgIpc) is 2.51. The number of amides is 2. The molecule has 0 aliphatic heterocycles. The van der Waals surface area contributed by atoms with E-state index in [2.05, 4.69) is 5.32 Å². The van der Waals surface area contributed by atoms with Gasteiger partial charge in [-0.2, -0.15) is 0 Å². The molecule has 22 heavy (non-hydrogen) atoms. The number of methoxy groups -OCH3 is 1. The van der Waals surface area contributed by atoms with Crippen LogP contribution in [0.15, 0.2) is 24.3 Å². The van der Waals surface area contributed by atoms with Crippen molar-refractivity contribution in [2.75, 3.05) is 40.5 Å². The Labute approximate surface area is 131 Å². The van der Waals surface area contributed by atoms with Crippen LogP contribution in [0.4, 0.5) is 0 Å². The molecule has 0 spiro atoms. The van der Waals surface area contributed by atoms with Crippen LogP contribution in [0.1, 0.15) is 23.7 Å². The zero-order chi connectivity index (χ0) is 16.4. The van der Waals surface area contributed by atoms with Crippen molar-refractivity contribution in [3.8, 4) is 5.75 Å². The van der Waals surface area contributed by atoms with Crippen LogP contribution in [0.3, 0.4) is 0 Å².